The second kappa shape index (κ2) is 10.5. The van der Waals surface area contributed by atoms with E-state index >= 15 is 0 Å². The number of halogens is 1. The van der Waals surface area contributed by atoms with Gasteiger partial charge in [0.25, 0.3) is 5.91 Å². The molecule has 2 aliphatic rings. The van der Waals surface area contributed by atoms with Crippen LogP contribution in [-0.2, 0) is 4.84 Å². The Labute approximate surface area is 215 Å². The van der Waals surface area contributed by atoms with Crippen LogP contribution in [0.1, 0.15) is 34.5 Å². The number of carbonyl (C=O) groups is 1. The molecule has 0 spiro atoms. The molecule has 0 saturated carbocycles. The number of amidine groups is 1. The topological polar surface area (TPSA) is 81.0 Å². The Balaban J connectivity index is 1.32. The molecule has 0 unspecified atom stereocenters. The summed E-state index contributed by atoms with van der Waals surface area (Å²) in [7, 11) is 1.67. The van der Waals surface area contributed by atoms with Gasteiger partial charge in [0.1, 0.15) is 12.4 Å². The highest BCUT2D eigenvalue weighted by Crippen LogP contribution is 2.29. The molecule has 3 aromatic rings. The molecule has 1 N–H and O–H groups in total. The molecule has 5 rings (SSSR count). The summed E-state index contributed by atoms with van der Waals surface area (Å²) >= 11 is 6.03. The van der Waals surface area contributed by atoms with E-state index < -0.39 is 0 Å². The zero-order valence-corrected chi connectivity index (χ0v) is 21.0. The van der Waals surface area contributed by atoms with Gasteiger partial charge >= 0.3 is 0 Å². The SMILES string of the molecule is COc1cc(/C=C2\CCCN3C2=NOC[C@@H]3CNC(=O)c2cccc(Cl)c2)ccc1-n1cnc(C)c1. The van der Waals surface area contributed by atoms with Crippen LogP contribution in [0.15, 0.2) is 65.7 Å². The second-order valence-corrected chi connectivity index (χ2v) is 9.34. The number of carbonyl (C=O) groups excluding carboxylic acids is 1. The number of piperidine rings is 1. The molecule has 8 nitrogen and oxygen atoms in total. The fraction of sp³-hybridized carbons (Fsp3) is 0.296. The van der Waals surface area contributed by atoms with Gasteiger partial charge in [-0.2, -0.15) is 0 Å². The van der Waals surface area contributed by atoms with E-state index in [0.29, 0.717) is 23.7 Å². The molecule has 0 aliphatic carbocycles. The number of fused-ring (bicyclic) bond motifs is 1. The van der Waals surface area contributed by atoms with Crippen molar-refractivity contribution in [3.63, 3.8) is 0 Å². The summed E-state index contributed by atoms with van der Waals surface area (Å²) in [6.45, 7) is 3.68. The molecule has 1 aromatic heterocycles. The second-order valence-electron chi connectivity index (χ2n) is 8.90. The summed E-state index contributed by atoms with van der Waals surface area (Å²) in [5.41, 5.74) is 4.53. The number of nitrogens with zero attached hydrogens (tertiary/aromatic N) is 4. The van der Waals surface area contributed by atoms with E-state index in [0.717, 1.165) is 53.5 Å². The Morgan fingerprint density at radius 1 is 1.31 bits per heavy atom. The number of amides is 1. The Morgan fingerprint density at radius 2 is 2.19 bits per heavy atom. The minimum Gasteiger partial charge on any atom is -0.495 e. The number of hydrogen-bond donors (Lipinski definition) is 1. The van der Waals surface area contributed by atoms with Crippen molar-refractivity contribution in [2.75, 3.05) is 26.8 Å². The monoisotopic (exact) mass is 505 g/mol. The first-order chi connectivity index (χ1) is 17.5. The predicted molar refractivity (Wildman–Crippen MR) is 140 cm³/mol. The molecule has 2 aliphatic heterocycles. The lowest BCUT2D eigenvalue weighted by Crippen LogP contribution is -2.53. The summed E-state index contributed by atoms with van der Waals surface area (Å²) in [5, 5.41) is 7.94. The third-order valence-electron chi connectivity index (χ3n) is 6.38. The number of nitrogens with one attached hydrogen (secondary N) is 1. The quantitative estimate of drug-likeness (QED) is 0.535. The molecule has 0 bridgehead atoms. The lowest BCUT2D eigenvalue weighted by Gasteiger charge is -2.40. The van der Waals surface area contributed by atoms with Gasteiger partial charge in [-0.05, 0) is 67.3 Å². The van der Waals surface area contributed by atoms with Crippen LogP contribution in [0.5, 0.6) is 5.75 Å². The van der Waals surface area contributed by atoms with Crippen LogP contribution in [-0.4, -0.2) is 59.0 Å². The van der Waals surface area contributed by atoms with E-state index in [9.17, 15) is 4.79 Å². The maximum absolute atomic E-state index is 12.6. The minimum absolute atomic E-state index is 0.00859. The van der Waals surface area contributed by atoms with Gasteiger partial charge in [-0.1, -0.05) is 28.9 Å². The van der Waals surface area contributed by atoms with E-state index in [1.165, 1.54) is 0 Å². The Morgan fingerprint density at radius 3 is 2.97 bits per heavy atom. The molecular formula is C27H28ClN5O3. The summed E-state index contributed by atoms with van der Waals surface area (Å²) in [4.78, 5) is 24.8. The Bertz CT molecular complexity index is 1330. The molecule has 1 fully saturated rings. The van der Waals surface area contributed by atoms with E-state index in [2.05, 4.69) is 32.5 Å². The zero-order valence-electron chi connectivity index (χ0n) is 20.3. The number of benzene rings is 2. The van der Waals surface area contributed by atoms with E-state index in [-0.39, 0.29) is 11.9 Å². The van der Waals surface area contributed by atoms with Crippen LogP contribution in [0.4, 0.5) is 0 Å². The highest BCUT2D eigenvalue weighted by molar-refractivity contribution is 6.30. The predicted octanol–water partition coefficient (Wildman–Crippen LogP) is 4.46. The van der Waals surface area contributed by atoms with E-state index in [1.54, 1.807) is 37.7 Å². The molecule has 1 atom stereocenters. The maximum atomic E-state index is 12.6. The molecule has 1 amide bonds. The number of aromatic nitrogens is 2. The smallest absolute Gasteiger partial charge is 0.251 e. The van der Waals surface area contributed by atoms with E-state index in [4.69, 9.17) is 21.2 Å². The van der Waals surface area contributed by atoms with Gasteiger partial charge in [-0.15, -0.1) is 0 Å². The molecule has 186 valence electrons. The van der Waals surface area contributed by atoms with Gasteiger partial charge in [0.05, 0.1) is 30.9 Å². The summed E-state index contributed by atoms with van der Waals surface area (Å²) in [6, 6.07) is 13.0. The van der Waals surface area contributed by atoms with Crippen molar-refractivity contribution in [3.05, 3.63) is 82.4 Å². The molecule has 3 heterocycles. The number of hydrogen-bond acceptors (Lipinski definition) is 6. The molecule has 0 radical (unpaired) electrons. The van der Waals surface area contributed by atoms with Crippen molar-refractivity contribution >= 4 is 29.4 Å². The first-order valence-corrected chi connectivity index (χ1v) is 12.3. The highest BCUT2D eigenvalue weighted by Gasteiger charge is 2.32. The average molecular weight is 506 g/mol. The summed E-state index contributed by atoms with van der Waals surface area (Å²) in [6.07, 6.45) is 7.77. The first kappa shape index (κ1) is 23.9. The van der Waals surface area contributed by atoms with Crippen LogP contribution in [0.3, 0.4) is 0 Å². The third kappa shape index (κ3) is 5.09. The van der Waals surface area contributed by atoms with Gasteiger partial charge in [-0.25, -0.2) is 4.98 Å². The van der Waals surface area contributed by atoms with Crippen LogP contribution in [0.2, 0.25) is 5.02 Å². The van der Waals surface area contributed by atoms with Crippen molar-refractivity contribution in [1.29, 1.82) is 0 Å². The average Bonchev–Trinajstić information content (AvgIpc) is 3.33. The molecule has 2 aromatic carbocycles. The number of rotatable bonds is 6. The zero-order chi connectivity index (χ0) is 25.1. The number of oxime groups is 1. The van der Waals surface area contributed by atoms with Crippen LogP contribution < -0.4 is 10.1 Å². The first-order valence-electron chi connectivity index (χ1n) is 11.9. The third-order valence-corrected chi connectivity index (χ3v) is 6.62. The van der Waals surface area contributed by atoms with E-state index in [1.807, 2.05) is 29.8 Å². The normalized spacial score (nSPS) is 18.3. The lowest BCUT2D eigenvalue weighted by atomic mass is 9.98. The number of imidazole rings is 1. The van der Waals surface area contributed by atoms with Gasteiger partial charge < -0.3 is 24.4 Å². The maximum Gasteiger partial charge on any atom is 0.251 e. The largest absolute Gasteiger partial charge is 0.495 e. The lowest BCUT2D eigenvalue weighted by molar-refractivity contribution is 0.0562. The Hall–Kier alpha value is -3.78. The molecule has 36 heavy (non-hydrogen) atoms. The van der Waals surface area contributed by atoms with Crippen LogP contribution in [0.25, 0.3) is 11.8 Å². The fourth-order valence-corrected chi connectivity index (χ4v) is 4.77. The summed E-state index contributed by atoms with van der Waals surface area (Å²) < 4.78 is 7.62. The van der Waals surface area contributed by atoms with Gasteiger partial charge in [-0.3, -0.25) is 4.79 Å². The van der Waals surface area contributed by atoms with Crippen molar-refractivity contribution < 1.29 is 14.4 Å². The number of aryl methyl sites for hydroxylation is 1. The minimum atomic E-state index is -0.158. The van der Waals surface area contributed by atoms with Crippen molar-refractivity contribution in [3.8, 4) is 11.4 Å². The number of methoxy groups -OCH3 is 1. The number of ether oxygens (including phenoxy) is 1. The van der Waals surface area contributed by atoms with Gasteiger partial charge in [0.2, 0.25) is 0 Å². The molecule has 9 heteroatoms. The van der Waals surface area contributed by atoms with Crippen molar-refractivity contribution in [2.45, 2.75) is 25.8 Å². The van der Waals surface area contributed by atoms with Crippen molar-refractivity contribution in [2.24, 2.45) is 5.16 Å². The standard InChI is InChI=1S/C27H28ClN5O3/c1-18-15-32(17-30-18)24-9-8-19(12-25(24)35-2)11-20-6-4-10-33-23(16-36-31-26(20)33)14-29-27(34)21-5-3-7-22(28)13-21/h3,5,7-9,11-13,15,17,23H,4,6,10,14,16H2,1-2H3,(H,29,34)/b20-11+/t23-/m0/s1. The van der Waals surface area contributed by atoms with Crippen LogP contribution >= 0.6 is 11.6 Å². The van der Waals surface area contributed by atoms with Gasteiger partial charge in [0.15, 0.2) is 5.84 Å². The van der Waals surface area contributed by atoms with Gasteiger partial charge in [0, 0.05) is 29.9 Å². The summed E-state index contributed by atoms with van der Waals surface area (Å²) in [5.74, 6) is 1.43. The fourth-order valence-electron chi connectivity index (χ4n) is 4.58. The van der Waals surface area contributed by atoms with Crippen LogP contribution in [0, 0.1) is 6.92 Å². The molecule has 1 saturated heterocycles. The highest BCUT2D eigenvalue weighted by atomic mass is 35.5. The Kier molecular flexibility index (Phi) is 6.95. The van der Waals surface area contributed by atoms with Crippen molar-refractivity contribution in [1.82, 2.24) is 19.8 Å². The molecular weight excluding hydrogens is 478 g/mol.